The number of fused-ring (bicyclic) bond motifs is 1. The molecule has 1 unspecified atom stereocenters. The van der Waals surface area contributed by atoms with Crippen molar-refractivity contribution < 1.29 is 9.47 Å². The van der Waals surface area contributed by atoms with E-state index in [1.165, 1.54) is 38.5 Å². The summed E-state index contributed by atoms with van der Waals surface area (Å²) in [7, 11) is 0. The number of halogens is 1. The molecule has 1 N–H and O–H groups in total. The molecule has 9 nitrogen and oxygen atoms in total. The first-order chi connectivity index (χ1) is 19.2. The molecule has 0 radical (unpaired) electrons. The van der Waals surface area contributed by atoms with E-state index in [0.29, 0.717) is 35.7 Å². The van der Waals surface area contributed by atoms with Crippen molar-refractivity contribution in [3.8, 4) is 11.5 Å². The monoisotopic (exact) mass is 549 g/mol. The summed E-state index contributed by atoms with van der Waals surface area (Å²) in [6.07, 6.45) is 6.96. The quantitative estimate of drug-likeness (QED) is 0.534. The first kappa shape index (κ1) is 25.8. The Bertz CT molecular complexity index is 1270. The number of hydrogen-bond donors (Lipinski definition) is 1. The lowest BCUT2D eigenvalue weighted by atomic mass is 10.1. The summed E-state index contributed by atoms with van der Waals surface area (Å²) in [5.41, 5.74) is 5.26. The minimum atomic E-state index is -0.246. The van der Waals surface area contributed by atoms with E-state index in [0.717, 1.165) is 49.2 Å². The second-order valence-corrected chi connectivity index (χ2v) is 10.7. The molecule has 0 spiro atoms. The van der Waals surface area contributed by atoms with E-state index in [4.69, 9.17) is 31.1 Å². The van der Waals surface area contributed by atoms with E-state index in [1.807, 2.05) is 43.3 Å². The minimum absolute atomic E-state index is 0.246. The Morgan fingerprint density at radius 2 is 1.59 bits per heavy atom. The minimum Gasteiger partial charge on any atom is -0.490 e. The highest BCUT2D eigenvalue weighted by atomic mass is 35.5. The molecule has 0 amide bonds. The molecule has 0 aliphatic carbocycles. The molecule has 2 aromatic rings. The molecule has 6 rings (SSSR count). The van der Waals surface area contributed by atoms with Crippen LogP contribution in [0.2, 0.25) is 5.02 Å². The van der Waals surface area contributed by atoms with Crippen molar-refractivity contribution >= 4 is 29.5 Å². The van der Waals surface area contributed by atoms with Gasteiger partial charge in [0.25, 0.3) is 5.96 Å². The average Bonchev–Trinajstić information content (AvgIpc) is 3.42. The van der Waals surface area contributed by atoms with Crippen LogP contribution in [0.4, 0.5) is 0 Å². The third-order valence-corrected chi connectivity index (χ3v) is 7.95. The number of hydrazone groups is 1. The van der Waals surface area contributed by atoms with Gasteiger partial charge in [-0.05, 0) is 63.6 Å². The van der Waals surface area contributed by atoms with Crippen LogP contribution in [0.5, 0.6) is 11.5 Å². The summed E-state index contributed by atoms with van der Waals surface area (Å²) in [4.78, 5) is 16.9. The number of nitrogens with one attached hydrogen (secondary N) is 1. The van der Waals surface area contributed by atoms with Crippen molar-refractivity contribution in [3.63, 3.8) is 0 Å². The van der Waals surface area contributed by atoms with Gasteiger partial charge in [-0.3, -0.25) is 10.3 Å². The molecule has 0 aromatic heterocycles. The molecule has 2 saturated heterocycles. The van der Waals surface area contributed by atoms with Crippen molar-refractivity contribution in [1.29, 1.82) is 0 Å². The van der Waals surface area contributed by atoms with Crippen LogP contribution in [-0.4, -0.2) is 65.4 Å². The van der Waals surface area contributed by atoms with Gasteiger partial charge >= 0.3 is 0 Å². The van der Waals surface area contributed by atoms with Crippen molar-refractivity contribution in [1.82, 2.24) is 20.1 Å². The van der Waals surface area contributed by atoms with E-state index in [2.05, 4.69) is 31.3 Å². The standard InChI is InChI=1S/C29H36ClN7O2/c1-2-38-25-19-21(13-14-24(25)39-20-22-11-5-6-12-23(22)30)26-33-34-28-31-27(35-15-7-3-8-16-35)32-29(37(26)28)36-17-9-4-10-18-36/h5-6,11-14,19,26,33H,2-4,7-10,15-18,20H2,1H3. The predicted molar refractivity (Wildman–Crippen MR) is 154 cm³/mol. The Kier molecular flexibility index (Phi) is 7.76. The van der Waals surface area contributed by atoms with Gasteiger partial charge in [0.05, 0.1) is 6.61 Å². The fourth-order valence-corrected chi connectivity index (χ4v) is 5.71. The number of rotatable bonds is 6. The topological polar surface area (TPSA) is 77.3 Å². The van der Waals surface area contributed by atoms with Crippen molar-refractivity contribution in [3.05, 3.63) is 58.6 Å². The van der Waals surface area contributed by atoms with Crippen LogP contribution < -0.4 is 14.9 Å². The zero-order valence-electron chi connectivity index (χ0n) is 22.5. The Morgan fingerprint density at radius 1 is 0.846 bits per heavy atom. The van der Waals surface area contributed by atoms with Crippen LogP contribution >= 0.6 is 11.6 Å². The number of guanidine groups is 3. The summed E-state index contributed by atoms with van der Waals surface area (Å²) in [6, 6.07) is 13.8. The fraction of sp³-hybridized carbons (Fsp3) is 0.483. The zero-order chi connectivity index (χ0) is 26.6. The van der Waals surface area contributed by atoms with Gasteiger partial charge in [0.1, 0.15) is 6.61 Å². The number of piperidine rings is 2. The maximum Gasteiger partial charge on any atom is 0.254 e. The highest BCUT2D eigenvalue weighted by Gasteiger charge is 2.39. The normalized spacial score (nSPS) is 21.0. The van der Waals surface area contributed by atoms with E-state index < -0.39 is 0 Å². The number of hydrogen-bond acceptors (Lipinski definition) is 9. The fourth-order valence-electron chi connectivity index (χ4n) is 5.52. The van der Waals surface area contributed by atoms with Crippen molar-refractivity contribution in [2.45, 2.75) is 58.2 Å². The van der Waals surface area contributed by atoms with Crippen molar-refractivity contribution in [2.24, 2.45) is 15.1 Å². The van der Waals surface area contributed by atoms with Crippen LogP contribution in [0, 0.1) is 0 Å². The molecule has 0 bridgehead atoms. The lowest BCUT2D eigenvalue weighted by molar-refractivity contribution is 0.267. The highest BCUT2D eigenvalue weighted by Crippen LogP contribution is 2.35. The van der Waals surface area contributed by atoms with Gasteiger partial charge in [-0.25, -0.2) is 0 Å². The molecule has 2 aromatic carbocycles. The molecule has 10 heteroatoms. The third-order valence-electron chi connectivity index (χ3n) is 7.58. The SMILES string of the molecule is CCOc1cc(C2NN=C3N=C(N4CCCCC4)N=C(N4CCCCC4)N32)ccc1OCc1ccccc1Cl. The van der Waals surface area contributed by atoms with Crippen LogP contribution in [0.3, 0.4) is 0 Å². The molecular weight excluding hydrogens is 514 g/mol. The van der Waals surface area contributed by atoms with E-state index in [1.54, 1.807) is 0 Å². The van der Waals surface area contributed by atoms with Crippen LogP contribution in [0.1, 0.15) is 62.7 Å². The number of nitrogens with zero attached hydrogens (tertiary/aromatic N) is 6. The largest absolute Gasteiger partial charge is 0.490 e. The third kappa shape index (κ3) is 5.50. The van der Waals surface area contributed by atoms with E-state index in [9.17, 15) is 0 Å². The molecule has 2 fully saturated rings. The molecule has 206 valence electrons. The molecule has 39 heavy (non-hydrogen) atoms. The molecule has 0 saturated carbocycles. The summed E-state index contributed by atoms with van der Waals surface area (Å²) >= 11 is 6.34. The Labute approximate surface area is 235 Å². The predicted octanol–water partition coefficient (Wildman–Crippen LogP) is 5.19. The lowest BCUT2D eigenvalue weighted by Gasteiger charge is -2.39. The Balaban J connectivity index is 1.27. The van der Waals surface area contributed by atoms with Crippen LogP contribution in [0.25, 0.3) is 0 Å². The first-order valence-corrected chi connectivity index (χ1v) is 14.5. The second-order valence-electron chi connectivity index (χ2n) is 10.3. The summed E-state index contributed by atoms with van der Waals surface area (Å²) < 4.78 is 12.2. The second kappa shape index (κ2) is 11.7. The van der Waals surface area contributed by atoms with E-state index >= 15 is 0 Å². The first-order valence-electron chi connectivity index (χ1n) is 14.1. The number of aliphatic imine (C=N–C) groups is 2. The van der Waals surface area contributed by atoms with Gasteiger partial charge in [-0.15, -0.1) is 5.10 Å². The molecule has 4 heterocycles. The van der Waals surface area contributed by atoms with Crippen LogP contribution in [0.15, 0.2) is 57.6 Å². The van der Waals surface area contributed by atoms with Gasteiger partial charge < -0.3 is 19.3 Å². The summed E-state index contributed by atoms with van der Waals surface area (Å²) in [6.45, 7) is 6.82. The lowest BCUT2D eigenvalue weighted by Crippen LogP contribution is -2.53. The van der Waals surface area contributed by atoms with Gasteiger partial charge in [0, 0.05) is 42.3 Å². The zero-order valence-corrected chi connectivity index (χ0v) is 23.2. The molecular formula is C29H36ClN7O2. The van der Waals surface area contributed by atoms with E-state index in [-0.39, 0.29) is 6.17 Å². The summed E-state index contributed by atoms with van der Waals surface area (Å²) in [5.74, 6) is 3.73. The smallest absolute Gasteiger partial charge is 0.254 e. The van der Waals surface area contributed by atoms with Gasteiger partial charge in [-0.2, -0.15) is 9.98 Å². The molecule has 4 aliphatic heterocycles. The molecule has 1 atom stereocenters. The number of likely N-dealkylation sites (tertiary alicyclic amines) is 2. The Morgan fingerprint density at radius 3 is 2.33 bits per heavy atom. The summed E-state index contributed by atoms with van der Waals surface area (Å²) in [5, 5.41) is 5.36. The van der Waals surface area contributed by atoms with Gasteiger partial charge in [-0.1, -0.05) is 35.9 Å². The number of ether oxygens (including phenoxy) is 2. The molecule has 4 aliphatic rings. The van der Waals surface area contributed by atoms with Gasteiger partial charge in [0.2, 0.25) is 11.9 Å². The number of benzene rings is 2. The highest BCUT2D eigenvalue weighted by molar-refractivity contribution is 6.31. The average molecular weight is 550 g/mol. The maximum absolute atomic E-state index is 6.34. The van der Waals surface area contributed by atoms with Gasteiger partial charge in [0.15, 0.2) is 17.7 Å². The Hall–Kier alpha value is -3.46. The van der Waals surface area contributed by atoms with Crippen LogP contribution in [-0.2, 0) is 6.61 Å². The maximum atomic E-state index is 6.34. The van der Waals surface area contributed by atoms with Crippen molar-refractivity contribution in [2.75, 3.05) is 32.8 Å².